The SMILES string of the molecule is C[C@H]1CN(C(=O)Cc2ccsc2)CCN1.Cl. The van der Waals surface area contributed by atoms with E-state index < -0.39 is 0 Å². The molecule has 0 saturated carbocycles. The number of piperazine rings is 1. The van der Waals surface area contributed by atoms with Gasteiger partial charge >= 0.3 is 0 Å². The first-order valence-electron chi connectivity index (χ1n) is 5.28. The molecular weight excluding hydrogens is 244 g/mol. The van der Waals surface area contributed by atoms with Gasteiger partial charge in [0.15, 0.2) is 0 Å². The summed E-state index contributed by atoms with van der Waals surface area (Å²) in [5, 5.41) is 7.40. The van der Waals surface area contributed by atoms with Crippen molar-refractivity contribution in [3.8, 4) is 0 Å². The van der Waals surface area contributed by atoms with Gasteiger partial charge in [-0.05, 0) is 29.3 Å². The Morgan fingerprint density at radius 1 is 1.69 bits per heavy atom. The summed E-state index contributed by atoms with van der Waals surface area (Å²) >= 11 is 1.65. The number of hydrogen-bond donors (Lipinski definition) is 1. The molecule has 1 aliphatic heterocycles. The average molecular weight is 261 g/mol. The van der Waals surface area contributed by atoms with Crippen molar-refractivity contribution >= 4 is 29.7 Å². The number of rotatable bonds is 2. The molecule has 1 aliphatic rings. The van der Waals surface area contributed by atoms with Gasteiger partial charge in [0.05, 0.1) is 6.42 Å². The zero-order valence-corrected chi connectivity index (χ0v) is 10.9. The topological polar surface area (TPSA) is 32.3 Å². The second kappa shape index (κ2) is 6.23. The van der Waals surface area contributed by atoms with E-state index in [1.165, 1.54) is 0 Å². The Morgan fingerprint density at radius 2 is 2.50 bits per heavy atom. The Bertz CT molecular complexity index is 329. The van der Waals surface area contributed by atoms with Crippen LogP contribution in [0.15, 0.2) is 16.8 Å². The second-order valence-electron chi connectivity index (χ2n) is 4.00. The largest absolute Gasteiger partial charge is 0.340 e. The fourth-order valence-electron chi connectivity index (χ4n) is 1.84. The number of carbonyl (C=O) groups is 1. The molecule has 0 spiro atoms. The number of carbonyl (C=O) groups excluding carboxylic acids is 1. The van der Waals surface area contributed by atoms with Crippen LogP contribution in [0.4, 0.5) is 0 Å². The van der Waals surface area contributed by atoms with E-state index in [0.29, 0.717) is 12.5 Å². The van der Waals surface area contributed by atoms with Crippen molar-refractivity contribution in [2.75, 3.05) is 19.6 Å². The summed E-state index contributed by atoms with van der Waals surface area (Å²) in [7, 11) is 0. The molecule has 2 rings (SSSR count). The van der Waals surface area contributed by atoms with Gasteiger partial charge < -0.3 is 10.2 Å². The van der Waals surface area contributed by atoms with E-state index in [9.17, 15) is 4.79 Å². The average Bonchev–Trinajstić information content (AvgIpc) is 2.70. The predicted octanol–water partition coefficient (Wildman–Crippen LogP) is 1.53. The van der Waals surface area contributed by atoms with Crippen molar-refractivity contribution in [2.24, 2.45) is 0 Å². The molecule has 1 aromatic rings. The molecule has 3 nitrogen and oxygen atoms in total. The third kappa shape index (κ3) is 3.47. The summed E-state index contributed by atoms with van der Waals surface area (Å²) in [6, 6.07) is 2.44. The van der Waals surface area contributed by atoms with Crippen LogP contribution >= 0.6 is 23.7 Å². The molecule has 16 heavy (non-hydrogen) atoms. The Labute approximate surface area is 106 Å². The minimum absolute atomic E-state index is 0. The summed E-state index contributed by atoms with van der Waals surface area (Å²) < 4.78 is 0. The minimum atomic E-state index is 0. The fraction of sp³-hybridized carbons (Fsp3) is 0.545. The molecule has 1 aromatic heterocycles. The molecule has 1 saturated heterocycles. The van der Waals surface area contributed by atoms with Gasteiger partial charge in [0, 0.05) is 25.7 Å². The van der Waals surface area contributed by atoms with Crippen molar-refractivity contribution < 1.29 is 4.79 Å². The van der Waals surface area contributed by atoms with Crippen LogP contribution in [0.3, 0.4) is 0 Å². The second-order valence-corrected chi connectivity index (χ2v) is 4.78. The first kappa shape index (κ1) is 13.5. The molecule has 1 amide bonds. The number of nitrogens with one attached hydrogen (secondary N) is 1. The third-order valence-electron chi connectivity index (χ3n) is 2.66. The van der Waals surface area contributed by atoms with Crippen molar-refractivity contribution in [1.29, 1.82) is 0 Å². The molecule has 0 unspecified atom stereocenters. The highest BCUT2D eigenvalue weighted by Crippen LogP contribution is 2.09. The molecule has 0 bridgehead atoms. The Hall–Kier alpha value is -0.580. The van der Waals surface area contributed by atoms with Crippen LogP contribution in [0.1, 0.15) is 12.5 Å². The zero-order valence-electron chi connectivity index (χ0n) is 9.31. The van der Waals surface area contributed by atoms with Gasteiger partial charge in [-0.1, -0.05) is 0 Å². The van der Waals surface area contributed by atoms with Gasteiger partial charge in [0.1, 0.15) is 0 Å². The molecule has 0 radical (unpaired) electrons. The molecule has 1 atom stereocenters. The van der Waals surface area contributed by atoms with E-state index >= 15 is 0 Å². The number of thiophene rings is 1. The fourth-order valence-corrected chi connectivity index (χ4v) is 2.51. The highest BCUT2D eigenvalue weighted by molar-refractivity contribution is 7.07. The Morgan fingerprint density at radius 3 is 3.12 bits per heavy atom. The lowest BCUT2D eigenvalue weighted by Gasteiger charge is -2.31. The standard InChI is InChI=1S/C11H16N2OS.ClH/c1-9-7-13(4-3-12-9)11(14)6-10-2-5-15-8-10;/h2,5,8-9,12H,3-4,6-7H2,1H3;1H/t9-;/m0./s1. The summed E-state index contributed by atoms with van der Waals surface area (Å²) in [5.74, 6) is 0.252. The van der Waals surface area contributed by atoms with Crippen LogP contribution in [0, 0.1) is 0 Å². The molecule has 5 heteroatoms. The lowest BCUT2D eigenvalue weighted by atomic mass is 10.2. The first-order chi connectivity index (χ1) is 7.25. The lowest BCUT2D eigenvalue weighted by molar-refractivity contribution is -0.131. The van der Waals surface area contributed by atoms with E-state index in [0.717, 1.165) is 25.2 Å². The number of amides is 1. The molecule has 0 aromatic carbocycles. The molecular formula is C11H17ClN2OS. The number of hydrogen-bond acceptors (Lipinski definition) is 3. The molecule has 1 fully saturated rings. The van der Waals surface area contributed by atoms with Crippen molar-refractivity contribution in [2.45, 2.75) is 19.4 Å². The van der Waals surface area contributed by atoms with E-state index in [-0.39, 0.29) is 18.3 Å². The quantitative estimate of drug-likeness (QED) is 0.875. The zero-order chi connectivity index (χ0) is 10.7. The lowest BCUT2D eigenvalue weighted by Crippen LogP contribution is -2.51. The Balaban J connectivity index is 0.00000128. The van der Waals surface area contributed by atoms with Gasteiger partial charge in [-0.2, -0.15) is 11.3 Å². The maximum absolute atomic E-state index is 11.9. The van der Waals surface area contributed by atoms with Gasteiger partial charge in [0.25, 0.3) is 0 Å². The minimum Gasteiger partial charge on any atom is -0.340 e. The van der Waals surface area contributed by atoms with Crippen LogP contribution in [-0.4, -0.2) is 36.5 Å². The molecule has 1 N–H and O–H groups in total. The van der Waals surface area contributed by atoms with Crippen LogP contribution in [-0.2, 0) is 11.2 Å². The van der Waals surface area contributed by atoms with E-state index in [4.69, 9.17) is 0 Å². The van der Waals surface area contributed by atoms with Gasteiger partial charge in [-0.15, -0.1) is 12.4 Å². The van der Waals surface area contributed by atoms with Crippen LogP contribution in [0.2, 0.25) is 0 Å². The molecule has 2 heterocycles. The normalized spacial score (nSPS) is 20.3. The Kier molecular flexibility index (Phi) is 5.25. The number of nitrogens with zero attached hydrogens (tertiary/aromatic N) is 1. The smallest absolute Gasteiger partial charge is 0.227 e. The van der Waals surface area contributed by atoms with Gasteiger partial charge in [-0.3, -0.25) is 4.79 Å². The highest BCUT2D eigenvalue weighted by atomic mass is 35.5. The third-order valence-corrected chi connectivity index (χ3v) is 3.39. The van der Waals surface area contributed by atoms with Gasteiger partial charge in [-0.25, -0.2) is 0 Å². The maximum atomic E-state index is 11.9. The van der Waals surface area contributed by atoms with Crippen LogP contribution in [0.5, 0.6) is 0 Å². The summed E-state index contributed by atoms with van der Waals surface area (Å²) in [6.45, 7) is 4.71. The predicted molar refractivity (Wildman–Crippen MR) is 69.3 cm³/mol. The summed E-state index contributed by atoms with van der Waals surface area (Å²) in [5.41, 5.74) is 1.14. The monoisotopic (exact) mass is 260 g/mol. The van der Waals surface area contributed by atoms with E-state index in [1.54, 1.807) is 11.3 Å². The molecule has 0 aliphatic carbocycles. The van der Waals surface area contributed by atoms with Crippen LogP contribution in [0.25, 0.3) is 0 Å². The van der Waals surface area contributed by atoms with Gasteiger partial charge in [0.2, 0.25) is 5.91 Å². The first-order valence-corrected chi connectivity index (χ1v) is 6.22. The number of halogens is 1. The van der Waals surface area contributed by atoms with E-state index in [1.807, 2.05) is 21.7 Å². The van der Waals surface area contributed by atoms with Crippen molar-refractivity contribution in [3.63, 3.8) is 0 Å². The summed E-state index contributed by atoms with van der Waals surface area (Å²) in [6.07, 6.45) is 0.552. The molecule has 90 valence electrons. The van der Waals surface area contributed by atoms with E-state index in [2.05, 4.69) is 12.2 Å². The highest BCUT2D eigenvalue weighted by Gasteiger charge is 2.20. The van der Waals surface area contributed by atoms with Crippen molar-refractivity contribution in [3.05, 3.63) is 22.4 Å². The maximum Gasteiger partial charge on any atom is 0.227 e. The summed E-state index contributed by atoms with van der Waals surface area (Å²) in [4.78, 5) is 13.9. The van der Waals surface area contributed by atoms with Crippen LogP contribution < -0.4 is 5.32 Å². The van der Waals surface area contributed by atoms with Crippen molar-refractivity contribution in [1.82, 2.24) is 10.2 Å².